The van der Waals surface area contributed by atoms with Crippen molar-refractivity contribution in [3.05, 3.63) is 47.9 Å². The lowest BCUT2D eigenvalue weighted by molar-refractivity contribution is -0.173. The fraction of sp³-hybridized carbons (Fsp3) is 0.421. The first-order valence-corrected chi connectivity index (χ1v) is 8.46. The molecule has 0 aliphatic carbocycles. The van der Waals surface area contributed by atoms with Crippen LogP contribution in [0.2, 0.25) is 0 Å². The van der Waals surface area contributed by atoms with Crippen molar-refractivity contribution in [2.45, 2.75) is 32.0 Å². The number of hydrogen-bond donors (Lipinski definition) is 2. The normalized spacial score (nSPS) is 23.3. The summed E-state index contributed by atoms with van der Waals surface area (Å²) in [6.07, 6.45) is 3.85. The van der Waals surface area contributed by atoms with Crippen LogP contribution in [0.15, 0.2) is 46.8 Å². The van der Waals surface area contributed by atoms with Crippen LogP contribution in [0.4, 0.5) is 0 Å². The minimum Gasteiger partial charge on any atom is -0.475 e. The highest BCUT2D eigenvalue weighted by molar-refractivity contribution is 5.86. The lowest BCUT2D eigenvalue weighted by Crippen LogP contribution is -2.36. The van der Waals surface area contributed by atoms with E-state index in [2.05, 4.69) is 0 Å². The Morgan fingerprint density at radius 1 is 1.32 bits per heavy atom. The zero-order valence-electron chi connectivity index (χ0n) is 14.1. The highest BCUT2D eigenvalue weighted by atomic mass is 16.7. The largest absolute Gasteiger partial charge is 0.475 e. The predicted octanol–water partition coefficient (Wildman–Crippen LogP) is 3.27. The van der Waals surface area contributed by atoms with Gasteiger partial charge < -0.3 is 24.1 Å². The van der Waals surface area contributed by atoms with Gasteiger partial charge in [-0.25, -0.2) is 4.79 Å². The van der Waals surface area contributed by atoms with Gasteiger partial charge in [0.05, 0.1) is 6.26 Å². The molecule has 1 aromatic heterocycles. The van der Waals surface area contributed by atoms with Gasteiger partial charge in [0.1, 0.15) is 5.58 Å². The maximum Gasteiger partial charge on any atom is 0.370 e. The Morgan fingerprint density at radius 3 is 2.84 bits per heavy atom. The maximum absolute atomic E-state index is 11.5. The summed E-state index contributed by atoms with van der Waals surface area (Å²) < 4.78 is 16.9. The zero-order chi connectivity index (χ0) is 17.8. The van der Waals surface area contributed by atoms with Crippen LogP contribution in [0.5, 0.6) is 0 Å². The third-order valence-electron chi connectivity index (χ3n) is 4.49. The Kier molecular flexibility index (Phi) is 5.40. The second-order valence-corrected chi connectivity index (χ2v) is 6.02. The Labute approximate surface area is 145 Å². The van der Waals surface area contributed by atoms with Gasteiger partial charge in [-0.3, -0.25) is 0 Å². The van der Waals surface area contributed by atoms with Crippen LogP contribution in [0.25, 0.3) is 11.0 Å². The first-order chi connectivity index (χ1) is 12.2. The predicted molar refractivity (Wildman–Crippen MR) is 91.0 cm³/mol. The summed E-state index contributed by atoms with van der Waals surface area (Å²) in [7, 11) is 0. The van der Waals surface area contributed by atoms with E-state index in [-0.39, 0.29) is 24.2 Å². The third-order valence-corrected chi connectivity index (χ3v) is 4.49. The summed E-state index contributed by atoms with van der Waals surface area (Å²) in [6, 6.07) is 7.65. The first kappa shape index (κ1) is 17.5. The van der Waals surface area contributed by atoms with Gasteiger partial charge in [-0.15, -0.1) is 0 Å². The molecule has 134 valence electrons. The van der Waals surface area contributed by atoms with Crippen LogP contribution < -0.4 is 0 Å². The second-order valence-electron chi connectivity index (χ2n) is 6.02. The van der Waals surface area contributed by atoms with Gasteiger partial charge in [0.2, 0.25) is 12.0 Å². The molecule has 0 saturated carbocycles. The van der Waals surface area contributed by atoms with Crippen molar-refractivity contribution in [2.24, 2.45) is 5.92 Å². The van der Waals surface area contributed by atoms with Crippen molar-refractivity contribution in [1.82, 2.24) is 0 Å². The number of aliphatic hydroxyl groups excluding tert-OH is 1. The molecule has 1 aromatic carbocycles. The minimum atomic E-state index is -1.12. The summed E-state index contributed by atoms with van der Waals surface area (Å²) in [6.45, 7) is 2.31. The number of para-hydroxylation sites is 1. The number of fused-ring (bicyclic) bond motifs is 1. The molecule has 0 unspecified atom stereocenters. The number of aliphatic hydroxyl groups is 1. The van der Waals surface area contributed by atoms with Gasteiger partial charge >= 0.3 is 5.97 Å². The number of furan rings is 1. The molecule has 0 saturated heterocycles. The van der Waals surface area contributed by atoms with Crippen LogP contribution in [0, 0.1) is 5.92 Å². The molecule has 3 atom stereocenters. The van der Waals surface area contributed by atoms with Gasteiger partial charge in [0.15, 0.2) is 0 Å². The molecule has 2 N–H and O–H groups in total. The van der Waals surface area contributed by atoms with Crippen molar-refractivity contribution in [2.75, 3.05) is 13.2 Å². The van der Waals surface area contributed by atoms with E-state index in [0.29, 0.717) is 19.4 Å². The molecule has 0 amide bonds. The van der Waals surface area contributed by atoms with Crippen LogP contribution in [-0.2, 0) is 14.3 Å². The van der Waals surface area contributed by atoms with Gasteiger partial charge in [0, 0.05) is 36.0 Å². The smallest absolute Gasteiger partial charge is 0.370 e. The SMILES string of the molecule is CCO[C@@H]1OC(C(=O)O)=C[C@H](c2coc3ccccc23)[C@@H]1CCCO. The average molecular weight is 346 g/mol. The fourth-order valence-corrected chi connectivity index (χ4v) is 3.37. The molecule has 1 aliphatic heterocycles. The first-order valence-electron chi connectivity index (χ1n) is 8.46. The van der Waals surface area contributed by atoms with Gasteiger partial charge in [-0.1, -0.05) is 18.2 Å². The number of ether oxygens (including phenoxy) is 2. The van der Waals surface area contributed by atoms with E-state index in [0.717, 1.165) is 16.5 Å². The lowest BCUT2D eigenvalue weighted by Gasteiger charge is -2.36. The van der Waals surface area contributed by atoms with Gasteiger partial charge in [-0.05, 0) is 31.9 Å². The summed E-state index contributed by atoms with van der Waals surface area (Å²) in [5.41, 5.74) is 1.66. The quantitative estimate of drug-likeness (QED) is 0.800. The third kappa shape index (κ3) is 3.55. The van der Waals surface area contributed by atoms with Crippen molar-refractivity contribution >= 4 is 16.9 Å². The number of carboxylic acids is 1. The molecule has 6 nitrogen and oxygen atoms in total. The van der Waals surface area contributed by atoms with Crippen LogP contribution in [0.1, 0.15) is 31.2 Å². The molecule has 2 heterocycles. The van der Waals surface area contributed by atoms with E-state index < -0.39 is 12.3 Å². The zero-order valence-corrected chi connectivity index (χ0v) is 14.1. The molecule has 2 aromatic rings. The molecule has 0 spiro atoms. The number of carbonyl (C=O) groups is 1. The molecule has 0 radical (unpaired) electrons. The monoisotopic (exact) mass is 346 g/mol. The highest BCUT2D eigenvalue weighted by Gasteiger charge is 2.39. The second kappa shape index (κ2) is 7.72. The van der Waals surface area contributed by atoms with Crippen molar-refractivity contribution in [3.63, 3.8) is 0 Å². The fourth-order valence-electron chi connectivity index (χ4n) is 3.37. The van der Waals surface area contributed by atoms with Crippen molar-refractivity contribution < 1.29 is 28.9 Å². The van der Waals surface area contributed by atoms with E-state index >= 15 is 0 Å². The van der Waals surface area contributed by atoms with Crippen LogP contribution in [-0.4, -0.2) is 35.7 Å². The number of allylic oxidation sites excluding steroid dienone is 1. The Hall–Kier alpha value is -2.31. The van der Waals surface area contributed by atoms with Crippen molar-refractivity contribution in [3.8, 4) is 0 Å². The van der Waals surface area contributed by atoms with E-state index in [1.165, 1.54) is 0 Å². The minimum absolute atomic E-state index is 0.0592. The lowest BCUT2D eigenvalue weighted by atomic mass is 9.80. The molecule has 0 bridgehead atoms. The molecular weight excluding hydrogens is 324 g/mol. The summed E-state index contributed by atoms with van der Waals surface area (Å²) >= 11 is 0. The number of aliphatic carboxylic acids is 1. The van der Waals surface area contributed by atoms with E-state index in [1.54, 1.807) is 12.3 Å². The Morgan fingerprint density at radius 2 is 2.12 bits per heavy atom. The summed E-state index contributed by atoms with van der Waals surface area (Å²) in [4.78, 5) is 11.5. The molecule has 25 heavy (non-hydrogen) atoms. The molecule has 1 aliphatic rings. The Bertz CT molecular complexity index is 762. The van der Waals surface area contributed by atoms with Crippen LogP contribution >= 0.6 is 0 Å². The van der Waals surface area contributed by atoms with E-state index in [4.69, 9.17) is 13.9 Å². The standard InChI is InChI=1S/C19H22O6/c1-2-23-19-13(7-5-9-20)14(10-17(25-19)18(21)22)15-11-24-16-8-4-3-6-12(15)16/h3-4,6,8,10-11,13-14,19-20H,2,5,7,9H2,1H3,(H,21,22)/t13-,14-,19+/m0/s1. The topological polar surface area (TPSA) is 89.1 Å². The number of benzene rings is 1. The van der Waals surface area contributed by atoms with Gasteiger partial charge in [0.25, 0.3) is 0 Å². The van der Waals surface area contributed by atoms with Crippen molar-refractivity contribution in [1.29, 1.82) is 0 Å². The van der Waals surface area contributed by atoms with E-state index in [1.807, 2.05) is 31.2 Å². The molecule has 6 heteroatoms. The Balaban J connectivity index is 2.06. The number of hydrogen-bond acceptors (Lipinski definition) is 5. The molecule has 3 rings (SSSR count). The molecular formula is C19H22O6. The molecule has 0 fully saturated rings. The summed E-state index contributed by atoms with van der Waals surface area (Å²) in [5, 5.41) is 19.6. The number of carboxylic acid groups (broad SMARTS) is 1. The van der Waals surface area contributed by atoms with E-state index in [9.17, 15) is 15.0 Å². The average Bonchev–Trinajstić information content (AvgIpc) is 3.04. The number of rotatable bonds is 7. The summed E-state index contributed by atoms with van der Waals surface area (Å²) in [5.74, 6) is -1.58. The van der Waals surface area contributed by atoms with Crippen LogP contribution in [0.3, 0.4) is 0 Å². The van der Waals surface area contributed by atoms with Gasteiger partial charge in [-0.2, -0.15) is 0 Å². The maximum atomic E-state index is 11.5. The highest BCUT2D eigenvalue weighted by Crippen LogP contribution is 2.42.